The van der Waals surface area contributed by atoms with Crippen molar-refractivity contribution in [1.29, 1.82) is 5.26 Å². The molecule has 0 amide bonds. The first-order valence-electron chi connectivity index (χ1n) is 7.84. The number of H-pyrrole nitrogens is 1. The zero-order valence-electron chi connectivity index (χ0n) is 13.1. The maximum absolute atomic E-state index is 9.19. The number of hydrogen-bond acceptors (Lipinski definition) is 2. The Morgan fingerprint density at radius 3 is 2.67 bits per heavy atom. The number of aryl methyl sites for hydroxylation is 1. The summed E-state index contributed by atoms with van der Waals surface area (Å²) in [5.41, 5.74) is 10.3. The van der Waals surface area contributed by atoms with Gasteiger partial charge in [0, 0.05) is 26.5 Å². The van der Waals surface area contributed by atoms with Crippen LogP contribution in [0.4, 0.5) is 0 Å². The number of nitrogens with zero attached hydrogens (tertiary/aromatic N) is 1. The van der Waals surface area contributed by atoms with Crippen molar-refractivity contribution < 1.29 is 0 Å². The fraction of sp³-hybridized carbons (Fsp3) is 0.211. The van der Waals surface area contributed by atoms with E-state index >= 15 is 0 Å². The number of nitrogens with one attached hydrogen (secondary N) is 1. The van der Waals surface area contributed by atoms with E-state index in [1.165, 1.54) is 0 Å². The molecule has 0 atom stereocenters. The number of halogens is 2. The van der Waals surface area contributed by atoms with E-state index in [1.54, 1.807) is 12.1 Å². The Kier molecular flexibility index (Phi) is 5.11. The van der Waals surface area contributed by atoms with Crippen LogP contribution in [0.1, 0.15) is 24.0 Å². The van der Waals surface area contributed by atoms with Crippen LogP contribution in [0.15, 0.2) is 36.4 Å². The lowest BCUT2D eigenvalue weighted by molar-refractivity contribution is 0.748. The number of nitrogens with two attached hydrogens (primary N) is 1. The second kappa shape index (κ2) is 7.27. The van der Waals surface area contributed by atoms with Gasteiger partial charge in [-0.2, -0.15) is 5.26 Å². The van der Waals surface area contributed by atoms with Crippen LogP contribution in [0.2, 0.25) is 10.0 Å². The largest absolute Gasteiger partial charge is 0.354 e. The molecule has 0 bridgehead atoms. The van der Waals surface area contributed by atoms with Gasteiger partial charge < -0.3 is 10.7 Å². The summed E-state index contributed by atoms with van der Waals surface area (Å²) >= 11 is 12.6. The predicted octanol–water partition coefficient (Wildman–Crippen LogP) is 5.29. The molecule has 3 nitrogen and oxygen atoms in total. The molecule has 5 heteroatoms. The lowest BCUT2D eigenvalue weighted by Crippen LogP contribution is -1.99. The van der Waals surface area contributed by atoms with Crippen LogP contribution in [0, 0.1) is 11.3 Å². The Morgan fingerprint density at radius 2 is 1.92 bits per heavy atom. The molecule has 0 aliphatic heterocycles. The molecule has 0 aliphatic rings. The van der Waals surface area contributed by atoms with Crippen molar-refractivity contribution >= 4 is 34.1 Å². The quantitative estimate of drug-likeness (QED) is 0.608. The summed E-state index contributed by atoms with van der Waals surface area (Å²) < 4.78 is 0. The first kappa shape index (κ1) is 16.9. The zero-order chi connectivity index (χ0) is 17.1. The van der Waals surface area contributed by atoms with E-state index in [-0.39, 0.29) is 0 Å². The molecule has 24 heavy (non-hydrogen) atoms. The van der Waals surface area contributed by atoms with Crippen molar-refractivity contribution in [2.24, 2.45) is 5.73 Å². The van der Waals surface area contributed by atoms with Crippen molar-refractivity contribution in [3.8, 4) is 17.3 Å². The van der Waals surface area contributed by atoms with E-state index in [9.17, 15) is 5.26 Å². The molecular formula is C19H17Cl2N3. The Balaban J connectivity index is 2.20. The minimum atomic E-state index is 0.638. The third-order valence-corrected chi connectivity index (χ3v) is 4.68. The SMILES string of the molecule is N#Cc1ccc2[nH]c(-c3cc(Cl)ccc3Cl)c(CCCCN)c2c1. The molecule has 0 saturated carbocycles. The summed E-state index contributed by atoms with van der Waals surface area (Å²) in [6, 6.07) is 13.3. The summed E-state index contributed by atoms with van der Waals surface area (Å²) in [5.74, 6) is 0. The summed E-state index contributed by atoms with van der Waals surface area (Å²) in [6.07, 6.45) is 2.79. The molecule has 0 spiro atoms. The highest BCUT2D eigenvalue weighted by atomic mass is 35.5. The highest BCUT2D eigenvalue weighted by Crippen LogP contribution is 2.37. The third-order valence-electron chi connectivity index (χ3n) is 4.11. The van der Waals surface area contributed by atoms with Crippen LogP contribution in [0.5, 0.6) is 0 Å². The van der Waals surface area contributed by atoms with Gasteiger partial charge in [0.15, 0.2) is 0 Å². The highest BCUT2D eigenvalue weighted by Gasteiger charge is 2.16. The van der Waals surface area contributed by atoms with Crippen molar-refractivity contribution in [3.05, 3.63) is 57.6 Å². The number of aromatic amines is 1. The van der Waals surface area contributed by atoms with E-state index in [1.807, 2.05) is 24.3 Å². The monoisotopic (exact) mass is 357 g/mol. The van der Waals surface area contributed by atoms with Gasteiger partial charge in [-0.15, -0.1) is 0 Å². The summed E-state index contributed by atoms with van der Waals surface area (Å²) in [5, 5.41) is 11.5. The Hall–Kier alpha value is -1.99. The molecule has 0 aliphatic carbocycles. The van der Waals surface area contributed by atoms with Crippen LogP contribution >= 0.6 is 23.2 Å². The summed E-state index contributed by atoms with van der Waals surface area (Å²) in [6.45, 7) is 0.666. The van der Waals surface area contributed by atoms with Crippen LogP contribution < -0.4 is 5.73 Å². The molecule has 0 saturated heterocycles. The van der Waals surface area contributed by atoms with Gasteiger partial charge in [-0.3, -0.25) is 0 Å². The predicted molar refractivity (Wildman–Crippen MR) is 100 cm³/mol. The smallest absolute Gasteiger partial charge is 0.0991 e. The Labute approximate surface area is 151 Å². The fourth-order valence-corrected chi connectivity index (χ4v) is 3.33. The molecule has 3 aromatic rings. The molecule has 122 valence electrons. The van der Waals surface area contributed by atoms with Gasteiger partial charge in [0.2, 0.25) is 0 Å². The zero-order valence-corrected chi connectivity index (χ0v) is 14.6. The number of fused-ring (bicyclic) bond motifs is 1. The van der Waals surface area contributed by atoms with Gasteiger partial charge in [-0.1, -0.05) is 23.2 Å². The molecule has 0 unspecified atom stereocenters. The van der Waals surface area contributed by atoms with Crippen LogP contribution in [0.25, 0.3) is 22.2 Å². The molecule has 0 fully saturated rings. The topological polar surface area (TPSA) is 65.6 Å². The number of hydrogen-bond donors (Lipinski definition) is 2. The maximum atomic E-state index is 9.19. The van der Waals surface area contributed by atoms with E-state index in [0.717, 1.165) is 47.0 Å². The van der Waals surface area contributed by atoms with Gasteiger partial charge in [0.05, 0.1) is 17.3 Å². The van der Waals surface area contributed by atoms with E-state index in [2.05, 4.69) is 11.1 Å². The number of rotatable bonds is 5. The molecule has 2 aromatic carbocycles. The maximum Gasteiger partial charge on any atom is 0.0991 e. The van der Waals surface area contributed by atoms with Crippen molar-refractivity contribution in [2.75, 3.05) is 6.54 Å². The lowest BCUT2D eigenvalue weighted by atomic mass is 9.99. The van der Waals surface area contributed by atoms with E-state index in [4.69, 9.17) is 28.9 Å². The molecule has 3 rings (SSSR count). The number of unbranched alkanes of at least 4 members (excludes halogenated alkanes) is 1. The highest BCUT2D eigenvalue weighted by molar-refractivity contribution is 6.35. The molecule has 1 aromatic heterocycles. The minimum absolute atomic E-state index is 0.638. The third kappa shape index (κ3) is 3.27. The molecule has 1 heterocycles. The van der Waals surface area contributed by atoms with Crippen LogP contribution in [-0.2, 0) is 6.42 Å². The van der Waals surface area contributed by atoms with Gasteiger partial charge >= 0.3 is 0 Å². The standard InChI is InChI=1S/C19H17Cl2N3/c20-13-5-6-17(21)16(10-13)19-14(3-1-2-8-22)15-9-12(11-23)4-7-18(15)24-19/h4-7,9-10,24H,1-3,8,22H2. The van der Waals surface area contributed by atoms with Crippen LogP contribution in [0.3, 0.4) is 0 Å². The average molecular weight is 358 g/mol. The second-order valence-corrected chi connectivity index (χ2v) is 6.56. The number of nitriles is 1. The molecular weight excluding hydrogens is 341 g/mol. The normalized spacial score (nSPS) is 10.9. The first-order chi connectivity index (χ1) is 11.6. The van der Waals surface area contributed by atoms with Gasteiger partial charge in [0.25, 0.3) is 0 Å². The van der Waals surface area contributed by atoms with Crippen molar-refractivity contribution in [2.45, 2.75) is 19.3 Å². The van der Waals surface area contributed by atoms with Gasteiger partial charge in [0.1, 0.15) is 0 Å². The molecule has 3 N–H and O–H groups in total. The van der Waals surface area contributed by atoms with Crippen molar-refractivity contribution in [1.82, 2.24) is 4.98 Å². The minimum Gasteiger partial charge on any atom is -0.354 e. The average Bonchev–Trinajstić information content (AvgIpc) is 2.95. The van der Waals surface area contributed by atoms with Gasteiger partial charge in [-0.25, -0.2) is 0 Å². The fourth-order valence-electron chi connectivity index (χ4n) is 2.94. The van der Waals surface area contributed by atoms with E-state index in [0.29, 0.717) is 22.2 Å². The summed E-state index contributed by atoms with van der Waals surface area (Å²) in [7, 11) is 0. The lowest BCUT2D eigenvalue weighted by Gasteiger charge is -2.08. The van der Waals surface area contributed by atoms with Crippen molar-refractivity contribution in [3.63, 3.8) is 0 Å². The summed E-state index contributed by atoms with van der Waals surface area (Å²) in [4.78, 5) is 3.44. The van der Waals surface area contributed by atoms with Crippen LogP contribution in [-0.4, -0.2) is 11.5 Å². The first-order valence-corrected chi connectivity index (χ1v) is 8.60. The Morgan fingerprint density at radius 1 is 1.08 bits per heavy atom. The van der Waals surface area contributed by atoms with E-state index < -0.39 is 0 Å². The number of aromatic nitrogens is 1. The number of benzene rings is 2. The van der Waals surface area contributed by atoms with Gasteiger partial charge in [-0.05, 0) is 67.8 Å². The Bertz CT molecular complexity index is 922. The second-order valence-electron chi connectivity index (χ2n) is 5.72. The molecule has 0 radical (unpaired) electrons.